The normalized spacial score (nSPS) is 19.8. The van der Waals surface area contributed by atoms with Crippen molar-refractivity contribution in [2.45, 2.75) is 96.1 Å². The number of carbonyl (C=O) groups excluding carboxylic acids is 1. The molecule has 1 aliphatic carbocycles. The number of hydrogen-bond donors (Lipinski definition) is 3. The number of rotatable bonds is 6. The lowest BCUT2D eigenvalue weighted by Gasteiger charge is -2.19. The third-order valence-electron chi connectivity index (χ3n) is 4.98. The van der Waals surface area contributed by atoms with Gasteiger partial charge in [-0.15, -0.1) is 0 Å². The highest BCUT2D eigenvalue weighted by atomic mass is 16.3. The second-order valence-corrected chi connectivity index (χ2v) is 7.05. The highest BCUT2D eigenvalue weighted by molar-refractivity contribution is 5.97. The summed E-state index contributed by atoms with van der Waals surface area (Å²) in [4.78, 5) is 12.4. The minimum absolute atomic E-state index is 0.0179. The largest absolute Gasteiger partial charge is 0.394 e. The van der Waals surface area contributed by atoms with E-state index in [-0.39, 0.29) is 30.2 Å². The Morgan fingerprint density at radius 1 is 1.12 bits per heavy atom. The second-order valence-electron chi connectivity index (χ2n) is 7.05. The van der Waals surface area contributed by atoms with Crippen molar-refractivity contribution in [3.63, 3.8) is 0 Å². The fourth-order valence-corrected chi connectivity index (χ4v) is 3.22. The van der Waals surface area contributed by atoms with Gasteiger partial charge in [0.15, 0.2) is 0 Å². The van der Waals surface area contributed by atoms with Crippen molar-refractivity contribution in [1.82, 2.24) is 10.6 Å². The zero-order valence-corrected chi connectivity index (χ0v) is 15.7. The lowest BCUT2D eigenvalue weighted by Crippen LogP contribution is -2.36. The molecule has 1 rings (SSSR count). The van der Waals surface area contributed by atoms with Crippen molar-refractivity contribution < 1.29 is 9.90 Å². The number of hydrogen-bond acceptors (Lipinski definition) is 4. The van der Waals surface area contributed by atoms with E-state index in [2.05, 4.69) is 10.6 Å². The Morgan fingerprint density at radius 3 is 2.08 bits per heavy atom. The van der Waals surface area contributed by atoms with E-state index in [0.717, 1.165) is 32.1 Å². The molecule has 25 heavy (non-hydrogen) atoms. The maximum Gasteiger partial charge on any atom is 0.263 e. The summed E-state index contributed by atoms with van der Waals surface area (Å²) < 4.78 is 0. The monoisotopic (exact) mass is 349 g/mol. The average Bonchev–Trinajstić information content (AvgIpc) is 2.61. The Morgan fingerprint density at radius 2 is 1.64 bits per heavy atom. The molecular weight excluding hydrogens is 314 g/mol. The zero-order valence-electron chi connectivity index (χ0n) is 15.7. The molecule has 1 unspecified atom stereocenters. The van der Waals surface area contributed by atoms with Crippen LogP contribution >= 0.6 is 0 Å². The maximum atomic E-state index is 12.4. The van der Waals surface area contributed by atoms with Gasteiger partial charge in [0.05, 0.1) is 6.61 Å². The summed E-state index contributed by atoms with van der Waals surface area (Å²) in [6, 6.07) is 2.00. The van der Waals surface area contributed by atoms with E-state index >= 15 is 0 Å². The third-order valence-corrected chi connectivity index (χ3v) is 4.98. The van der Waals surface area contributed by atoms with Gasteiger partial charge >= 0.3 is 0 Å². The molecule has 1 fully saturated rings. The van der Waals surface area contributed by atoms with Crippen LogP contribution in [-0.2, 0) is 4.79 Å². The summed E-state index contributed by atoms with van der Waals surface area (Å²) in [7, 11) is 0. The second kappa shape index (κ2) is 13.7. The van der Waals surface area contributed by atoms with Gasteiger partial charge in [0, 0.05) is 18.3 Å². The average molecular weight is 350 g/mol. The van der Waals surface area contributed by atoms with Crippen molar-refractivity contribution in [2.24, 2.45) is 0 Å². The van der Waals surface area contributed by atoms with Gasteiger partial charge < -0.3 is 15.7 Å². The molecule has 5 nitrogen and oxygen atoms in total. The Balaban J connectivity index is 2.56. The first-order valence-corrected chi connectivity index (χ1v) is 9.99. The summed E-state index contributed by atoms with van der Waals surface area (Å²) in [6.07, 6.45) is 15.5. The van der Waals surface area contributed by atoms with E-state index in [9.17, 15) is 15.2 Å². The van der Waals surface area contributed by atoms with Crippen molar-refractivity contribution in [1.29, 1.82) is 5.26 Å². The molecule has 0 aromatic heterocycles. The van der Waals surface area contributed by atoms with E-state index in [1.54, 1.807) is 0 Å². The Bertz CT molecular complexity index is 427. The molecule has 0 heterocycles. The summed E-state index contributed by atoms with van der Waals surface area (Å²) in [6.45, 7) is 1.93. The van der Waals surface area contributed by atoms with Crippen LogP contribution in [0.4, 0.5) is 0 Å². The van der Waals surface area contributed by atoms with E-state index in [1.165, 1.54) is 51.1 Å². The number of nitrogens with zero attached hydrogens (tertiary/aromatic N) is 1. The van der Waals surface area contributed by atoms with Gasteiger partial charge in [-0.3, -0.25) is 4.79 Å². The quantitative estimate of drug-likeness (QED) is 0.506. The van der Waals surface area contributed by atoms with Crippen LogP contribution in [0.15, 0.2) is 11.8 Å². The van der Waals surface area contributed by atoms with Crippen LogP contribution in [0.3, 0.4) is 0 Å². The molecule has 3 N–H and O–H groups in total. The van der Waals surface area contributed by atoms with Crippen molar-refractivity contribution in [3.05, 3.63) is 11.8 Å². The van der Waals surface area contributed by atoms with E-state index in [1.807, 2.05) is 13.0 Å². The minimum Gasteiger partial charge on any atom is -0.394 e. The predicted molar refractivity (Wildman–Crippen MR) is 101 cm³/mol. The predicted octanol–water partition coefficient (Wildman–Crippen LogP) is 3.54. The maximum absolute atomic E-state index is 12.4. The number of nitriles is 1. The van der Waals surface area contributed by atoms with Gasteiger partial charge in [-0.05, 0) is 19.3 Å². The van der Waals surface area contributed by atoms with Crippen LogP contribution in [-0.4, -0.2) is 29.7 Å². The van der Waals surface area contributed by atoms with Gasteiger partial charge in [0.2, 0.25) is 0 Å². The number of amides is 1. The fourth-order valence-electron chi connectivity index (χ4n) is 3.22. The van der Waals surface area contributed by atoms with Crippen LogP contribution in [0, 0.1) is 11.3 Å². The molecule has 0 spiro atoms. The van der Waals surface area contributed by atoms with Gasteiger partial charge in [0.1, 0.15) is 11.6 Å². The number of nitrogens with one attached hydrogen (secondary N) is 2. The molecule has 0 aromatic carbocycles. The molecule has 1 aliphatic rings. The lowest BCUT2D eigenvalue weighted by atomic mass is 9.97. The minimum atomic E-state index is -0.306. The Hall–Kier alpha value is -1.54. The highest BCUT2D eigenvalue weighted by Gasteiger charge is 2.16. The molecule has 1 saturated carbocycles. The highest BCUT2D eigenvalue weighted by Crippen LogP contribution is 2.17. The topological polar surface area (TPSA) is 85.2 Å². The summed E-state index contributed by atoms with van der Waals surface area (Å²) in [5.41, 5.74) is 0.0815. The fraction of sp³-hybridized carbons (Fsp3) is 0.800. The number of aliphatic hydroxyl groups is 1. The molecule has 0 saturated heterocycles. The van der Waals surface area contributed by atoms with Crippen LogP contribution in [0.2, 0.25) is 0 Å². The van der Waals surface area contributed by atoms with Crippen molar-refractivity contribution in [3.8, 4) is 6.07 Å². The molecule has 5 heteroatoms. The van der Waals surface area contributed by atoms with Gasteiger partial charge in [-0.1, -0.05) is 64.7 Å². The molecule has 1 atom stereocenters. The molecule has 0 bridgehead atoms. The van der Waals surface area contributed by atoms with Crippen molar-refractivity contribution >= 4 is 5.91 Å². The lowest BCUT2D eigenvalue weighted by molar-refractivity contribution is -0.117. The Labute approximate surface area is 152 Å². The molecule has 0 aromatic rings. The standard InChI is InChI=1S/C20H35N3O2/c1-2-18(16-24)22-15-17(14-21)20(25)23-19-12-10-8-6-4-3-5-7-9-11-13-19/h15,18-19,22,24H,2-13,16H2,1H3,(H,23,25)/b17-15-. The number of aliphatic hydroxyl groups excluding tert-OH is 1. The Kier molecular flexibility index (Phi) is 11.8. The van der Waals surface area contributed by atoms with Crippen molar-refractivity contribution in [2.75, 3.05) is 6.61 Å². The van der Waals surface area contributed by atoms with Gasteiger partial charge in [-0.2, -0.15) is 5.26 Å². The van der Waals surface area contributed by atoms with E-state index < -0.39 is 0 Å². The molecule has 0 aliphatic heterocycles. The first-order chi connectivity index (χ1) is 12.2. The molecular formula is C20H35N3O2. The SMILES string of the molecule is CCC(CO)N/C=C(/C#N)C(=O)NC1CCCCCCCCCCC1. The van der Waals surface area contributed by atoms with E-state index in [0.29, 0.717) is 0 Å². The zero-order chi connectivity index (χ0) is 18.3. The van der Waals surface area contributed by atoms with E-state index in [4.69, 9.17) is 0 Å². The third kappa shape index (κ3) is 9.50. The molecule has 1 amide bonds. The first-order valence-electron chi connectivity index (χ1n) is 9.99. The molecule has 142 valence electrons. The first kappa shape index (κ1) is 21.5. The number of carbonyl (C=O) groups is 1. The molecule has 0 radical (unpaired) electrons. The smallest absolute Gasteiger partial charge is 0.263 e. The van der Waals surface area contributed by atoms with Crippen LogP contribution in [0.5, 0.6) is 0 Å². The summed E-state index contributed by atoms with van der Waals surface area (Å²) in [5, 5.41) is 24.4. The van der Waals surface area contributed by atoms with Gasteiger partial charge in [-0.25, -0.2) is 0 Å². The summed E-state index contributed by atoms with van der Waals surface area (Å²) in [5.74, 6) is -0.306. The van der Waals surface area contributed by atoms with Crippen LogP contribution < -0.4 is 10.6 Å². The summed E-state index contributed by atoms with van der Waals surface area (Å²) >= 11 is 0. The van der Waals surface area contributed by atoms with Crippen LogP contribution in [0.25, 0.3) is 0 Å². The van der Waals surface area contributed by atoms with Gasteiger partial charge in [0.25, 0.3) is 5.91 Å². The van der Waals surface area contributed by atoms with Crippen LogP contribution in [0.1, 0.15) is 84.0 Å².